The maximum Gasteiger partial charge on any atom is 0.211 e. The molecule has 0 atom stereocenters. The molecule has 18 heavy (non-hydrogen) atoms. The van der Waals surface area contributed by atoms with E-state index in [0.717, 1.165) is 5.57 Å². The maximum atomic E-state index is 11.4. The lowest BCUT2D eigenvalue weighted by Gasteiger charge is -2.05. The summed E-state index contributed by atoms with van der Waals surface area (Å²) in [5, 5.41) is 0. The average Bonchev–Trinajstić information content (AvgIpc) is 2.35. The first kappa shape index (κ1) is 19.2. The highest BCUT2D eigenvalue weighted by molar-refractivity contribution is 7.89. The van der Waals surface area contributed by atoms with Crippen molar-refractivity contribution in [1.82, 2.24) is 4.72 Å². The van der Waals surface area contributed by atoms with Crippen LogP contribution in [0.15, 0.2) is 49.1 Å². The fourth-order valence-corrected chi connectivity index (χ4v) is 2.12. The van der Waals surface area contributed by atoms with Gasteiger partial charge in [-0.15, -0.1) is 0 Å². The molecule has 0 rings (SSSR count). The highest BCUT2D eigenvalue weighted by atomic mass is 32.2. The molecule has 4 heteroatoms. The molecule has 1 N–H and O–H groups in total. The van der Waals surface area contributed by atoms with E-state index in [-0.39, 0.29) is 12.3 Å². The minimum Gasteiger partial charge on any atom is -0.212 e. The smallest absolute Gasteiger partial charge is 0.211 e. The van der Waals surface area contributed by atoms with Gasteiger partial charge in [-0.3, -0.25) is 0 Å². The first-order chi connectivity index (χ1) is 8.55. The third-order valence-corrected chi connectivity index (χ3v) is 3.28. The molecular formula is C14H25NO2S. The van der Waals surface area contributed by atoms with E-state index in [9.17, 15) is 8.42 Å². The van der Waals surface area contributed by atoms with E-state index >= 15 is 0 Å². The van der Waals surface area contributed by atoms with Crippen molar-refractivity contribution in [1.29, 1.82) is 0 Å². The Kier molecular flexibility index (Phi) is 13.2. The van der Waals surface area contributed by atoms with Gasteiger partial charge in [-0.2, -0.15) is 0 Å². The predicted octanol–water partition coefficient (Wildman–Crippen LogP) is 3.20. The van der Waals surface area contributed by atoms with Gasteiger partial charge in [0.1, 0.15) is 0 Å². The second-order valence-corrected chi connectivity index (χ2v) is 5.14. The monoisotopic (exact) mass is 271 g/mol. The molecule has 0 fully saturated rings. The molecule has 0 spiro atoms. The van der Waals surface area contributed by atoms with Crippen LogP contribution in [0.1, 0.15) is 27.2 Å². The predicted molar refractivity (Wildman–Crippen MR) is 81.0 cm³/mol. The Morgan fingerprint density at radius 3 is 2.28 bits per heavy atom. The molecule has 0 aliphatic rings. The summed E-state index contributed by atoms with van der Waals surface area (Å²) in [6.45, 7) is 13.2. The van der Waals surface area contributed by atoms with Crippen LogP contribution in [0.5, 0.6) is 0 Å². The molecule has 0 amide bonds. The van der Waals surface area contributed by atoms with Crippen LogP contribution in [-0.2, 0) is 10.0 Å². The number of rotatable bonds is 8. The summed E-state index contributed by atoms with van der Waals surface area (Å²) in [7, 11) is -3.15. The Labute approximate surface area is 112 Å². The molecule has 3 nitrogen and oxygen atoms in total. The van der Waals surface area contributed by atoms with Crippen molar-refractivity contribution < 1.29 is 8.42 Å². The van der Waals surface area contributed by atoms with Crippen LogP contribution in [0.2, 0.25) is 0 Å². The van der Waals surface area contributed by atoms with Gasteiger partial charge in [-0.1, -0.05) is 64.3 Å². The second-order valence-electron chi connectivity index (χ2n) is 3.21. The molecular weight excluding hydrogens is 246 g/mol. The van der Waals surface area contributed by atoms with Crippen LogP contribution in [0.25, 0.3) is 0 Å². The van der Waals surface area contributed by atoms with Gasteiger partial charge in [0.05, 0.1) is 5.75 Å². The van der Waals surface area contributed by atoms with Crippen molar-refractivity contribution in [2.45, 2.75) is 27.2 Å². The van der Waals surface area contributed by atoms with E-state index in [0.29, 0.717) is 6.42 Å². The molecule has 0 radical (unpaired) electrons. The van der Waals surface area contributed by atoms with Gasteiger partial charge in [0.15, 0.2) is 0 Å². The number of allylic oxidation sites excluding steroid dienone is 4. The lowest BCUT2D eigenvalue weighted by Crippen LogP contribution is -2.27. The molecule has 0 aromatic rings. The molecule has 0 unspecified atom stereocenters. The molecule has 0 aliphatic carbocycles. The highest BCUT2D eigenvalue weighted by Gasteiger charge is 2.07. The van der Waals surface area contributed by atoms with E-state index in [2.05, 4.69) is 17.9 Å². The van der Waals surface area contributed by atoms with Crippen LogP contribution >= 0.6 is 0 Å². The van der Waals surface area contributed by atoms with Gasteiger partial charge in [-0.05, 0) is 12.0 Å². The molecule has 0 saturated heterocycles. The van der Waals surface area contributed by atoms with E-state index in [1.165, 1.54) is 0 Å². The summed E-state index contributed by atoms with van der Waals surface area (Å²) >= 11 is 0. The zero-order valence-electron chi connectivity index (χ0n) is 11.6. The molecule has 104 valence electrons. The molecule has 0 aromatic heterocycles. The van der Waals surface area contributed by atoms with Crippen LogP contribution in [0.4, 0.5) is 0 Å². The Bertz CT molecular complexity index is 379. The molecule has 0 bridgehead atoms. The van der Waals surface area contributed by atoms with Crippen molar-refractivity contribution in [3.05, 3.63) is 49.1 Å². The van der Waals surface area contributed by atoms with E-state index < -0.39 is 10.0 Å². The van der Waals surface area contributed by atoms with E-state index in [1.807, 2.05) is 20.8 Å². The lowest BCUT2D eigenvalue weighted by molar-refractivity contribution is 0.583. The number of hydrogen-bond donors (Lipinski definition) is 1. The Balaban J connectivity index is 0. The van der Waals surface area contributed by atoms with E-state index in [4.69, 9.17) is 0 Å². The van der Waals surface area contributed by atoms with Crippen LogP contribution in [0.3, 0.4) is 0 Å². The zero-order valence-corrected chi connectivity index (χ0v) is 12.5. The Hall–Kier alpha value is -1.13. The first-order valence-corrected chi connectivity index (χ1v) is 7.79. The van der Waals surface area contributed by atoms with Crippen molar-refractivity contribution in [2.75, 3.05) is 12.3 Å². The third kappa shape index (κ3) is 11.4. The lowest BCUT2D eigenvalue weighted by atomic mass is 10.2. The van der Waals surface area contributed by atoms with Crippen molar-refractivity contribution >= 4 is 10.0 Å². The number of hydrogen-bond acceptors (Lipinski definition) is 2. The van der Waals surface area contributed by atoms with Gasteiger partial charge >= 0.3 is 0 Å². The molecule has 0 saturated carbocycles. The minimum atomic E-state index is -3.15. The summed E-state index contributed by atoms with van der Waals surface area (Å²) < 4.78 is 25.3. The SMILES string of the molecule is C=C/C=C\C(=C/C=C)CNS(=O)(=O)CCC.CC. The second kappa shape index (κ2) is 12.3. The fraction of sp³-hybridized carbons (Fsp3) is 0.429. The standard InChI is InChI=1S/C12H19NO2S.C2H6/c1-4-7-9-12(8-5-2)11-13-16(14,15)10-6-3;1-2/h4-5,7-9,13H,1-2,6,10-11H2,3H3;1-2H3/b9-7-,12-8+;. The maximum absolute atomic E-state index is 11.4. The van der Waals surface area contributed by atoms with E-state index in [1.54, 1.807) is 30.4 Å². The average molecular weight is 271 g/mol. The summed E-state index contributed by atoms with van der Waals surface area (Å²) in [5.41, 5.74) is 0.842. The van der Waals surface area contributed by atoms with Crippen LogP contribution in [0, 0.1) is 0 Å². The molecule has 0 heterocycles. The normalized spacial score (nSPS) is 11.8. The van der Waals surface area contributed by atoms with Gasteiger partial charge in [0.25, 0.3) is 0 Å². The third-order valence-electron chi connectivity index (χ3n) is 1.75. The summed E-state index contributed by atoms with van der Waals surface area (Å²) in [6.07, 6.45) is 9.17. The van der Waals surface area contributed by atoms with Crippen molar-refractivity contribution in [3.8, 4) is 0 Å². The van der Waals surface area contributed by atoms with Gasteiger partial charge < -0.3 is 0 Å². The Morgan fingerprint density at radius 1 is 1.22 bits per heavy atom. The highest BCUT2D eigenvalue weighted by Crippen LogP contribution is 1.98. The number of nitrogens with one attached hydrogen (secondary N) is 1. The summed E-state index contributed by atoms with van der Waals surface area (Å²) in [6, 6.07) is 0. The number of sulfonamides is 1. The van der Waals surface area contributed by atoms with Gasteiger partial charge in [-0.25, -0.2) is 13.1 Å². The zero-order chi connectivity index (χ0) is 14.4. The minimum absolute atomic E-state index is 0.152. The topological polar surface area (TPSA) is 46.2 Å². The van der Waals surface area contributed by atoms with Crippen LogP contribution < -0.4 is 4.72 Å². The largest absolute Gasteiger partial charge is 0.212 e. The van der Waals surface area contributed by atoms with Crippen molar-refractivity contribution in [3.63, 3.8) is 0 Å². The van der Waals surface area contributed by atoms with Crippen LogP contribution in [-0.4, -0.2) is 20.7 Å². The fourth-order valence-electron chi connectivity index (χ4n) is 1.05. The van der Waals surface area contributed by atoms with Gasteiger partial charge in [0.2, 0.25) is 10.0 Å². The summed E-state index contributed by atoms with van der Waals surface area (Å²) in [4.78, 5) is 0. The van der Waals surface area contributed by atoms with Crippen molar-refractivity contribution in [2.24, 2.45) is 0 Å². The molecule has 0 aromatic carbocycles. The van der Waals surface area contributed by atoms with Gasteiger partial charge in [0, 0.05) is 6.54 Å². The quantitative estimate of drug-likeness (QED) is 0.689. The first-order valence-electron chi connectivity index (χ1n) is 6.13. The molecule has 0 aliphatic heterocycles. The Morgan fingerprint density at radius 2 is 1.83 bits per heavy atom. The summed E-state index contributed by atoms with van der Waals surface area (Å²) in [5.74, 6) is 0.152.